The molecule has 102 valence electrons. The molecule has 0 amide bonds. The predicted octanol–water partition coefficient (Wildman–Crippen LogP) is 2.34. The molecule has 1 saturated heterocycles. The van der Waals surface area contributed by atoms with E-state index < -0.39 is 0 Å². The van der Waals surface area contributed by atoms with Crippen molar-refractivity contribution in [3.05, 3.63) is 10.6 Å². The largest absolute Gasteiger partial charge is 0.372 e. The number of rotatable bonds is 3. The monoisotopic (exact) mass is 269 g/mol. The minimum absolute atomic E-state index is 0.265. The quantitative estimate of drug-likeness (QED) is 0.915. The van der Waals surface area contributed by atoms with Crippen molar-refractivity contribution >= 4 is 16.5 Å². The van der Waals surface area contributed by atoms with Crippen LogP contribution >= 0.6 is 11.3 Å². The second kappa shape index (κ2) is 5.55. The van der Waals surface area contributed by atoms with Gasteiger partial charge in [-0.1, -0.05) is 13.8 Å². The zero-order valence-electron chi connectivity index (χ0n) is 11.6. The van der Waals surface area contributed by atoms with Gasteiger partial charge in [-0.05, 0) is 19.8 Å². The molecular formula is C13H23N3OS. The van der Waals surface area contributed by atoms with E-state index in [4.69, 9.17) is 15.5 Å². The summed E-state index contributed by atoms with van der Waals surface area (Å²) >= 11 is 1.73. The Kier molecular flexibility index (Phi) is 4.25. The number of nitrogens with two attached hydrogens (primary N) is 1. The molecule has 0 aliphatic carbocycles. The summed E-state index contributed by atoms with van der Waals surface area (Å²) in [5.41, 5.74) is 6.97. The van der Waals surface area contributed by atoms with Crippen molar-refractivity contribution in [3.63, 3.8) is 0 Å². The van der Waals surface area contributed by atoms with Crippen LogP contribution in [0.1, 0.15) is 44.2 Å². The standard InChI is InChI=1S/C13H23N3OS/c1-8(2)12-11(5-14)18-13(15-12)16-6-9(3)17-10(4)7-16/h8-10H,5-7,14H2,1-4H3. The van der Waals surface area contributed by atoms with E-state index in [0.717, 1.165) is 23.9 Å². The van der Waals surface area contributed by atoms with E-state index in [0.29, 0.717) is 12.5 Å². The van der Waals surface area contributed by atoms with Gasteiger partial charge < -0.3 is 15.4 Å². The van der Waals surface area contributed by atoms with E-state index in [9.17, 15) is 0 Å². The van der Waals surface area contributed by atoms with E-state index in [1.54, 1.807) is 11.3 Å². The van der Waals surface area contributed by atoms with E-state index in [1.807, 2.05) is 0 Å². The summed E-state index contributed by atoms with van der Waals surface area (Å²) in [6.45, 7) is 11.0. The number of hydrogen-bond donors (Lipinski definition) is 1. The molecule has 1 aromatic heterocycles. The van der Waals surface area contributed by atoms with Gasteiger partial charge in [-0.15, -0.1) is 11.3 Å². The Morgan fingerprint density at radius 3 is 2.44 bits per heavy atom. The van der Waals surface area contributed by atoms with Crippen LogP contribution < -0.4 is 10.6 Å². The number of thiazole rings is 1. The highest BCUT2D eigenvalue weighted by atomic mass is 32.1. The summed E-state index contributed by atoms with van der Waals surface area (Å²) in [6, 6.07) is 0. The van der Waals surface area contributed by atoms with Gasteiger partial charge in [0.25, 0.3) is 0 Å². The zero-order chi connectivity index (χ0) is 13.3. The summed E-state index contributed by atoms with van der Waals surface area (Å²) in [6.07, 6.45) is 0.531. The fourth-order valence-electron chi connectivity index (χ4n) is 2.42. The van der Waals surface area contributed by atoms with Crippen LogP contribution in [0.2, 0.25) is 0 Å². The molecule has 0 spiro atoms. The molecule has 18 heavy (non-hydrogen) atoms. The van der Waals surface area contributed by atoms with E-state index >= 15 is 0 Å². The van der Waals surface area contributed by atoms with Gasteiger partial charge in [-0.25, -0.2) is 4.98 Å². The second-order valence-electron chi connectivity index (χ2n) is 5.33. The van der Waals surface area contributed by atoms with Gasteiger partial charge in [0.1, 0.15) is 0 Å². The van der Waals surface area contributed by atoms with E-state index in [1.165, 1.54) is 4.88 Å². The molecule has 2 unspecified atom stereocenters. The third-order valence-corrected chi connectivity index (χ3v) is 4.29. The highest BCUT2D eigenvalue weighted by Gasteiger charge is 2.25. The van der Waals surface area contributed by atoms with Crippen molar-refractivity contribution in [1.29, 1.82) is 0 Å². The Morgan fingerprint density at radius 1 is 1.39 bits per heavy atom. The van der Waals surface area contributed by atoms with Gasteiger partial charge in [0.2, 0.25) is 0 Å². The molecule has 1 aliphatic heterocycles. The lowest BCUT2D eigenvalue weighted by Crippen LogP contribution is -2.45. The fourth-order valence-corrected chi connectivity index (χ4v) is 3.53. The number of hydrogen-bond acceptors (Lipinski definition) is 5. The SMILES string of the molecule is CC1CN(c2nc(C(C)C)c(CN)s2)CC(C)O1. The van der Waals surface area contributed by atoms with Gasteiger partial charge in [-0.2, -0.15) is 0 Å². The first-order valence-electron chi connectivity index (χ1n) is 6.61. The summed E-state index contributed by atoms with van der Waals surface area (Å²) in [7, 11) is 0. The lowest BCUT2D eigenvalue weighted by Gasteiger charge is -2.35. The summed E-state index contributed by atoms with van der Waals surface area (Å²) in [5, 5.41) is 1.10. The van der Waals surface area contributed by atoms with E-state index in [2.05, 4.69) is 32.6 Å². The summed E-state index contributed by atoms with van der Waals surface area (Å²) < 4.78 is 5.76. The van der Waals surface area contributed by atoms with Crippen molar-refractivity contribution in [2.45, 2.75) is 52.4 Å². The lowest BCUT2D eigenvalue weighted by atomic mass is 10.1. The van der Waals surface area contributed by atoms with Crippen LogP contribution in [0.15, 0.2) is 0 Å². The molecule has 2 atom stereocenters. The first kappa shape index (κ1) is 13.8. The first-order valence-corrected chi connectivity index (χ1v) is 7.43. The van der Waals surface area contributed by atoms with E-state index in [-0.39, 0.29) is 12.2 Å². The zero-order valence-corrected chi connectivity index (χ0v) is 12.5. The maximum atomic E-state index is 5.81. The molecule has 4 nitrogen and oxygen atoms in total. The smallest absolute Gasteiger partial charge is 0.186 e. The number of morpholine rings is 1. The molecular weight excluding hydrogens is 246 g/mol. The summed E-state index contributed by atoms with van der Waals surface area (Å²) in [4.78, 5) is 8.32. The number of anilines is 1. The van der Waals surface area contributed by atoms with Gasteiger partial charge in [-0.3, -0.25) is 0 Å². The van der Waals surface area contributed by atoms with Gasteiger partial charge in [0.05, 0.1) is 17.9 Å². The third-order valence-electron chi connectivity index (χ3n) is 3.14. The van der Waals surface area contributed by atoms with Crippen LogP contribution in [-0.2, 0) is 11.3 Å². The topological polar surface area (TPSA) is 51.4 Å². The Labute approximate surface area is 113 Å². The molecule has 2 heterocycles. The molecule has 0 saturated carbocycles. The summed E-state index contributed by atoms with van der Waals surface area (Å²) in [5.74, 6) is 0.435. The Morgan fingerprint density at radius 2 is 2.00 bits per heavy atom. The molecule has 2 rings (SSSR count). The van der Waals surface area contributed by atoms with Crippen molar-refractivity contribution in [2.24, 2.45) is 5.73 Å². The van der Waals surface area contributed by atoms with Crippen LogP contribution in [0.25, 0.3) is 0 Å². The lowest BCUT2D eigenvalue weighted by molar-refractivity contribution is -0.00523. The Balaban J connectivity index is 2.22. The van der Waals surface area contributed by atoms with Gasteiger partial charge in [0.15, 0.2) is 5.13 Å². The molecule has 1 aromatic rings. The average molecular weight is 269 g/mol. The number of aromatic nitrogens is 1. The molecule has 0 radical (unpaired) electrons. The Bertz CT molecular complexity index is 395. The molecule has 1 aliphatic rings. The molecule has 0 aromatic carbocycles. The number of ether oxygens (including phenoxy) is 1. The highest BCUT2D eigenvalue weighted by molar-refractivity contribution is 7.15. The van der Waals surface area contributed by atoms with Crippen LogP contribution in [0.4, 0.5) is 5.13 Å². The first-order chi connectivity index (χ1) is 8.51. The minimum Gasteiger partial charge on any atom is -0.372 e. The predicted molar refractivity (Wildman–Crippen MR) is 76.3 cm³/mol. The molecule has 5 heteroatoms. The maximum absolute atomic E-state index is 5.81. The normalized spacial score (nSPS) is 24.9. The molecule has 1 fully saturated rings. The second-order valence-corrected chi connectivity index (χ2v) is 6.39. The Hall–Kier alpha value is -0.650. The van der Waals surface area contributed by atoms with Crippen LogP contribution in [0, 0.1) is 0 Å². The number of nitrogens with zero attached hydrogens (tertiary/aromatic N) is 2. The van der Waals surface area contributed by atoms with Crippen LogP contribution in [0.3, 0.4) is 0 Å². The average Bonchev–Trinajstić information content (AvgIpc) is 2.71. The third kappa shape index (κ3) is 2.84. The van der Waals surface area contributed by atoms with Gasteiger partial charge in [0, 0.05) is 24.5 Å². The van der Waals surface area contributed by atoms with Crippen LogP contribution in [-0.4, -0.2) is 30.3 Å². The van der Waals surface area contributed by atoms with Crippen molar-refractivity contribution in [2.75, 3.05) is 18.0 Å². The highest BCUT2D eigenvalue weighted by Crippen LogP contribution is 2.31. The van der Waals surface area contributed by atoms with Crippen molar-refractivity contribution in [1.82, 2.24) is 4.98 Å². The van der Waals surface area contributed by atoms with Crippen molar-refractivity contribution in [3.8, 4) is 0 Å². The van der Waals surface area contributed by atoms with Crippen molar-refractivity contribution < 1.29 is 4.74 Å². The van der Waals surface area contributed by atoms with Crippen LogP contribution in [0.5, 0.6) is 0 Å². The molecule has 2 N–H and O–H groups in total. The van der Waals surface area contributed by atoms with Gasteiger partial charge >= 0.3 is 0 Å². The fraction of sp³-hybridized carbons (Fsp3) is 0.769. The maximum Gasteiger partial charge on any atom is 0.186 e. The minimum atomic E-state index is 0.265. The molecule has 0 bridgehead atoms.